The lowest BCUT2D eigenvalue weighted by molar-refractivity contribution is 0.214. The zero-order valence-corrected chi connectivity index (χ0v) is 18.0. The Hall–Kier alpha value is -2.49. The number of likely N-dealkylation sites (N-methyl/N-ethyl adjacent to an activating group) is 1. The number of fused-ring (bicyclic) bond motifs is 5. The third-order valence-corrected chi connectivity index (χ3v) is 7.06. The van der Waals surface area contributed by atoms with Crippen molar-refractivity contribution in [2.45, 2.75) is 37.8 Å². The fraction of sp³-hybridized carbons (Fsp3) is 0.308. The highest BCUT2D eigenvalue weighted by Crippen LogP contribution is 2.45. The van der Waals surface area contributed by atoms with Gasteiger partial charge in [-0.05, 0) is 78.4 Å². The highest BCUT2D eigenvalue weighted by Gasteiger charge is 2.36. The number of aryl methyl sites for hydroxylation is 1. The Morgan fingerprint density at radius 2 is 1.80 bits per heavy atom. The lowest BCUT2D eigenvalue weighted by Gasteiger charge is -2.38. The average Bonchev–Trinajstić information content (AvgIpc) is 2.90. The first kappa shape index (κ1) is 19.5. The van der Waals surface area contributed by atoms with E-state index >= 15 is 0 Å². The molecule has 2 atom stereocenters. The van der Waals surface area contributed by atoms with E-state index in [-0.39, 0.29) is 11.7 Å². The maximum atomic E-state index is 10.3. The maximum absolute atomic E-state index is 10.3. The number of benzene rings is 3. The minimum absolute atomic E-state index is 0.187. The molecule has 2 aliphatic rings. The van der Waals surface area contributed by atoms with Crippen molar-refractivity contribution in [2.75, 3.05) is 18.9 Å². The summed E-state index contributed by atoms with van der Waals surface area (Å²) in [7, 11) is 2.23. The van der Waals surface area contributed by atoms with Crippen LogP contribution in [0.5, 0.6) is 5.75 Å². The molecule has 0 saturated carbocycles. The normalized spacial score (nSPS) is 20.6. The van der Waals surface area contributed by atoms with Gasteiger partial charge in [-0.25, -0.2) is 0 Å². The van der Waals surface area contributed by atoms with Crippen LogP contribution < -0.4 is 5.32 Å². The number of phenolic OH excluding ortho intramolecular Hbond substituents is 1. The van der Waals surface area contributed by atoms with E-state index in [4.69, 9.17) is 11.6 Å². The van der Waals surface area contributed by atoms with Gasteiger partial charge in [0.1, 0.15) is 5.75 Å². The van der Waals surface area contributed by atoms with E-state index in [9.17, 15) is 5.11 Å². The zero-order valence-electron chi connectivity index (χ0n) is 17.2. The Morgan fingerprint density at radius 1 is 1.00 bits per heavy atom. The van der Waals surface area contributed by atoms with Crippen molar-refractivity contribution in [1.29, 1.82) is 0 Å². The van der Waals surface area contributed by atoms with Crippen LogP contribution in [-0.4, -0.2) is 29.6 Å². The summed E-state index contributed by atoms with van der Waals surface area (Å²) in [6.45, 7) is 1.84. The van der Waals surface area contributed by atoms with E-state index in [0.717, 1.165) is 38.0 Å². The molecule has 1 aliphatic heterocycles. The fourth-order valence-corrected chi connectivity index (χ4v) is 5.34. The van der Waals surface area contributed by atoms with Gasteiger partial charge in [0.05, 0.1) is 5.02 Å². The van der Waals surface area contributed by atoms with E-state index in [2.05, 4.69) is 59.7 Å². The first-order valence-corrected chi connectivity index (χ1v) is 11.1. The summed E-state index contributed by atoms with van der Waals surface area (Å²) in [4.78, 5) is 2.49. The number of halogens is 1. The largest absolute Gasteiger partial charge is 0.506 e. The van der Waals surface area contributed by atoms with Gasteiger partial charge in [-0.3, -0.25) is 0 Å². The number of rotatable bonds is 3. The van der Waals surface area contributed by atoms with Gasteiger partial charge in [-0.1, -0.05) is 48.0 Å². The fourth-order valence-electron chi connectivity index (χ4n) is 5.15. The Morgan fingerprint density at radius 3 is 2.63 bits per heavy atom. The molecular formula is C26H27ClN2O. The molecule has 1 heterocycles. The van der Waals surface area contributed by atoms with Crippen molar-refractivity contribution in [3.63, 3.8) is 0 Å². The molecule has 5 rings (SSSR count). The maximum Gasteiger partial charge on any atom is 0.134 e. The molecule has 0 saturated heterocycles. The van der Waals surface area contributed by atoms with Crippen molar-refractivity contribution in [2.24, 2.45) is 0 Å². The molecule has 0 spiro atoms. The lowest BCUT2D eigenvalue weighted by atomic mass is 9.74. The van der Waals surface area contributed by atoms with Crippen LogP contribution in [0.1, 0.15) is 40.2 Å². The van der Waals surface area contributed by atoms with Gasteiger partial charge < -0.3 is 15.3 Å². The number of hydrogen-bond donors (Lipinski definition) is 2. The van der Waals surface area contributed by atoms with E-state index in [1.807, 2.05) is 18.2 Å². The number of nitrogens with zero attached hydrogens (tertiary/aromatic N) is 1. The van der Waals surface area contributed by atoms with Gasteiger partial charge in [-0.2, -0.15) is 0 Å². The predicted molar refractivity (Wildman–Crippen MR) is 124 cm³/mol. The Balaban J connectivity index is 1.50. The summed E-state index contributed by atoms with van der Waals surface area (Å²) < 4.78 is 0. The molecule has 0 aromatic heterocycles. The molecule has 30 heavy (non-hydrogen) atoms. The first-order chi connectivity index (χ1) is 14.6. The second-order valence-electron chi connectivity index (χ2n) is 8.57. The van der Waals surface area contributed by atoms with Crippen molar-refractivity contribution >= 4 is 17.3 Å². The van der Waals surface area contributed by atoms with Gasteiger partial charge >= 0.3 is 0 Å². The van der Waals surface area contributed by atoms with Crippen LogP contribution >= 0.6 is 11.6 Å². The third kappa shape index (κ3) is 3.57. The molecule has 3 aromatic rings. The van der Waals surface area contributed by atoms with E-state index in [0.29, 0.717) is 11.1 Å². The van der Waals surface area contributed by atoms with Crippen LogP contribution in [0.3, 0.4) is 0 Å². The molecule has 0 radical (unpaired) electrons. The molecule has 2 N–H and O–H groups in total. The summed E-state index contributed by atoms with van der Waals surface area (Å²) in [5, 5.41) is 14.4. The van der Waals surface area contributed by atoms with Crippen LogP contribution in [0.25, 0.3) is 0 Å². The van der Waals surface area contributed by atoms with Crippen LogP contribution in [0.15, 0.2) is 60.7 Å². The summed E-state index contributed by atoms with van der Waals surface area (Å²) in [5.74, 6) is 0.453. The van der Waals surface area contributed by atoms with E-state index in [1.54, 1.807) is 0 Å². The van der Waals surface area contributed by atoms with E-state index in [1.165, 1.54) is 27.8 Å². The summed E-state index contributed by atoms with van der Waals surface area (Å²) >= 11 is 6.24. The van der Waals surface area contributed by atoms with Crippen molar-refractivity contribution in [3.05, 3.63) is 93.5 Å². The van der Waals surface area contributed by atoms with Gasteiger partial charge in [-0.15, -0.1) is 0 Å². The predicted octanol–water partition coefficient (Wildman–Crippen LogP) is 5.59. The quantitative estimate of drug-likeness (QED) is 0.581. The van der Waals surface area contributed by atoms with Gasteiger partial charge in [0.25, 0.3) is 0 Å². The summed E-state index contributed by atoms with van der Waals surface area (Å²) in [6, 6.07) is 21.6. The van der Waals surface area contributed by atoms with Gasteiger partial charge in [0.15, 0.2) is 0 Å². The Bertz CT molecular complexity index is 1070. The van der Waals surface area contributed by atoms with Crippen LogP contribution in [0.2, 0.25) is 5.02 Å². The average molecular weight is 419 g/mol. The standard InChI is InChI=1S/C26H27ClN2O/c1-29-12-11-19-14-23(27)25(30)15-22(19)26-21-9-8-20(13-18(21)7-10-24(26)29)28-16-17-5-3-2-4-6-17/h2-6,8-9,13-15,24,26,28,30H,7,10-12,16H2,1H3. The molecule has 154 valence electrons. The zero-order chi connectivity index (χ0) is 20.7. The number of hydrogen-bond acceptors (Lipinski definition) is 3. The Kier molecular flexibility index (Phi) is 5.18. The number of anilines is 1. The molecular weight excluding hydrogens is 392 g/mol. The molecule has 0 fully saturated rings. The highest BCUT2D eigenvalue weighted by molar-refractivity contribution is 6.32. The lowest BCUT2D eigenvalue weighted by Crippen LogP contribution is -2.39. The number of aromatic hydroxyl groups is 1. The topological polar surface area (TPSA) is 35.5 Å². The molecule has 3 aromatic carbocycles. The summed E-state index contributed by atoms with van der Waals surface area (Å²) in [6.07, 6.45) is 3.17. The molecule has 4 heteroatoms. The highest BCUT2D eigenvalue weighted by atomic mass is 35.5. The molecule has 0 amide bonds. The second kappa shape index (κ2) is 7.98. The molecule has 1 aliphatic carbocycles. The number of phenols is 1. The molecule has 3 nitrogen and oxygen atoms in total. The second-order valence-corrected chi connectivity index (χ2v) is 8.98. The van der Waals surface area contributed by atoms with Crippen LogP contribution in [0.4, 0.5) is 5.69 Å². The molecule has 0 bridgehead atoms. The first-order valence-electron chi connectivity index (χ1n) is 10.7. The monoisotopic (exact) mass is 418 g/mol. The smallest absolute Gasteiger partial charge is 0.134 e. The van der Waals surface area contributed by atoms with Crippen LogP contribution in [-0.2, 0) is 19.4 Å². The van der Waals surface area contributed by atoms with Crippen molar-refractivity contribution in [1.82, 2.24) is 4.90 Å². The van der Waals surface area contributed by atoms with Crippen molar-refractivity contribution < 1.29 is 5.11 Å². The van der Waals surface area contributed by atoms with Gasteiger partial charge in [0.2, 0.25) is 0 Å². The van der Waals surface area contributed by atoms with E-state index < -0.39 is 0 Å². The van der Waals surface area contributed by atoms with Gasteiger partial charge in [0, 0.05) is 30.7 Å². The molecule has 2 unspecified atom stereocenters. The third-order valence-electron chi connectivity index (χ3n) is 6.76. The SMILES string of the molecule is CN1CCc2cc(Cl)c(O)cc2C2c3ccc(NCc4ccccc4)cc3CCC21. The minimum Gasteiger partial charge on any atom is -0.506 e. The summed E-state index contributed by atoms with van der Waals surface area (Å²) in [5.41, 5.74) is 7.73. The number of nitrogens with one attached hydrogen (secondary N) is 1. The van der Waals surface area contributed by atoms with Crippen molar-refractivity contribution in [3.8, 4) is 5.75 Å². The minimum atomic E-state index is 0.187. The Labute approximate surface area is 183 Å². The van der Waals surface area contributed by atoms with Crippen LogP contribution in [0, 0.1) is 0 Å².